The van der Waals surface area contributed by atoms with Gasteiger partial charge in [-0.15, -0.1) is 0 Å². The number of carbonyl (C=O) groups excluding carboxylic acids is 1. The Morgan fingerprint density at radius 1 is 1.12 bits per heavy atom. The van der Waals surface area contributed by atoms with Gasteiger partial charge in [0.05, 0.1) is 6.42 Å². The van der Waals surface area contributed by atoms with Gasteiger partial charge in [0, 0.05) is 0 Å². The van der Waals surface area contributed by atoms with E-state index >= 15 is 0 Å². The number of carbonyl (C=O) groups is 1. The van der Waals surface area contributed by atoms with Crippen molar-refractivity contribution in [3.8, 4) is 0 Å². The molecule has 0 heterocycles. The highest BCUT2D eigenvalue weighted by atomic mass is 16.2. The minimum absolute atomic E-state index is 0.152. The molecule has 0 bridgehead atoms. The highest BCUT2D eigenvalue weighted by Gasteiger charge is 2.01. The normalized spacial score (nSPS) is 10.2. The third-order valence-corrected chi connectivity index (χ3v) is 2.87. The first kappa shape index (κ1) is 13.7. The summed E-state index contributed by atoms with van der Waals surface area (Å²) in [6.45, 7) is 2.22. The molecule has 3 nitrogen and oxygen atoms in total. The van der Waals surface area contributed by atoms with Crippen LogP contribution in [0.25, 0.3) is 0 Å². The molecule has 94 valence electrons. The summed E-state index contributed by atoms with van der Waals surface area (Å²) in [5, 5.41) is 0. The quantitative estimate of drug-likeness (QED) is 0.329. The van der Waals surface area contributed by atoms with E-state index in [2.05, 4.69) is 24.5 Å². The van der Waals surface area contributed by atoms with E-state index in [9.17, 15) is 4.79 Å². The van der Waals surface area contributed by atoms with E-state index in [1.807, 2.05) is 12.1 Å². The van der Waals surface area contributed by atoms with Crippen LogP contribution < -0.4 is 11.3 Å². The molecular formula is C14H22N2O. The molecule has 1 aromatic rings. The summed E-state index contributed by atoms with van der Waals surface area (Å²) < 4.78 is 0. The van der Waals surface area contributed by atoms with Crippen molar-refractivity contribution in [2.45, 2.75) is 45.4 Å². The van der Waals surface area contributed by atoms with Crippen LogP contribution in [0.3, 0.4) is 0 Å². The first-order chi connectivity index (χ1) is 8.26. The van der Waals surface area contributed by atoms with E-state index in [1.165, 1.54) is 31.2 Å². The van der Waals surface area contributed by atoms with Crippen molar-refractivity contribution in [3.05, 3.63) is 35.4 Å². The van der Waals surface area contributed by atoms with Gasteiger partial charge in [-0.3, -0.25) is 10.2 Å². The number of amides is 1. The summed E-state index contributed by atoms with van der Waals surface area (Å²) in [5.74, 6) is 4.89. The monoisotopic (exact) mass is 234 g/mol. The molecule has 0 saturated carbocycles. The zero-order valence-corrected chi connectivity index (χ0v) is 10.5. The first-order valence-electron chi connectivity index (χ1n) is 6.33. The van der Waals surface area contributed by atoms with Gasteiger partial charge in [-0.2, -0.15) is 0 Å². The van der Waals surface area contributed by atoms with Crippen LogP contribution in [-0.2, 0) is 17.6 Å². The van der Waals surface area contributed by atoms with Crippen LogP contribution in [0, 0.1) is 0 Å². The lowest BCUT2D eigenvalue weighted by Gasteiger charge is -2.04. The second kappa shape index (κ2) is 7.85. The van der Waals surface area contributed by atoms with Gasteiger partial charge in [0.25, 0.3) is 0 Å². The first-order valence-corrected chi connectivity index (χ1v) is 6.33. The minimum Gasteiger partial charge on any atom is -0.294 e. The van der Waals surface area contributed by atoms with Crippen molar-refractivity contribution in [3.63, 3.8) is 0 Å². The SMILES string of the molecule is CCCCCCc1ccc(CC(=O)NN)cc1. The third-order valence-electron chi connectivity index (χ3n) is 2.87. The maximum absolute atomic E-state index is 11.1. The van der Waals surface area contributed by atoms with E-state index in [-0.39, 0.29) is 5.91 Å². The summed E-state index contributed by atoms with van der Waals surface area (Å²) in [7, 11) is 0. The number of nitrogens with two attached hydrogens (primary N) is 1. The van der Waals surface area contributed by atoms with Crippen molar-refractivity contribution in [1.82, 2.24) is 5.43 Å². The molecule has 0 atom stereocenters. The standard InChI is InChI=1S/C14H22N2O/c1-2-3-4-5-6-12-7-9-13(10-8-12)11-14(17)16-15/h7-10H,2-6,11,15H2,1H3,(H,16,17). The third kappa shape index (κ3) is 5.50. The van der Waals surface area contributed by atoms with E-state index in [0.717, 1.165) is 12.0 Å². The van der Waals surface area contributed by atoms with E-state index in [4.69, 9.17) is 5.84 Å². The molecule has 0 saturated heterocycles. The van der Waals surface area contributed by atoms with E-state index in [0.29, 0.717) is 6.42 Å². The van der Waals surface area contributed by atoms with Gasteiger partial charge >= 0.3 is 0 Å². The number of hydrogen-bond acceptors (Lipinski definition) is 2. The highest BCUT2D eigenvalue weighted by Crippen LogP contribution is 2.10. The van der Waals surface area contributed by atoms with Gasteiger partial charge in [0.1, 0.15) is 0 Å². The molecule has 1 aromatic carbocycles. The predicted octanol–water partition coefficient (Wildman–Crippen LogP) is 2.34. The molecule has 0 aliphatic rings. The zero-order chi connectivity index (χ0) is 12.5. The lowest BCUT2D eigenvalue weighted by atomic mass is 10.0. The maximum atomic E-state index is 11.1. The molecule has 0 fully saturated rings. The van der Waals surface area contributed by atoms with Crippen LogP contribution in [0.4, 0.5) is 0 Å². The summed E-state index contributed by atoms with van der Waals surface area (Å²) in [6, 6.07) is 8.21. The van der Waals surface area contributed by atoms with Crippen LogP contribution in [0.2, 0.25) is 0 Å². The molecule has 0 aliphatic heterocycles. The molecule has 3 N–H and O–H groups in total. The number of rotatable bonds is 7. The number of aryl methyl sites for hydroxylation is 1. The van der Waals surface area contributed by atoms with Gasteiger partial charge in [0.2, 0.25) is 5.91 Å². The molecule has 0 unspecified atom stereocenters. The van der Waals surface area contributed by atoms with Crippen LogP contribution in [-0.4, -0.2) is 5.91 Å². The van der Waals surface area contributed by atoms with Gasteiger partial charge in [0.15, 0.2) is 0 Å². The number of hydrogen-bond donors (Lipinski definition) is 2. The van der Waals surface area contributed by atoms with Gasteiger partial charge in [-0.1, -0.05) is 50.5 Å². The Morgan fingerprint density at radius 2 is 1.76 bits per heavy atom. The van der Waals surface area contributed by atoms with Crippen molar-refractivity contribution in [2.24, 2.45) is 5.84 Å². The molecule has 0 aliphatic carbocycles. The smallest absolute Gasteiger partial charge is 0.238 e. The topological polar surface area (TPSA) is 55.1 Å². The fraction of sp³-hybridized carbons (Fsp3) is 0.500. The average molecular weight is 234 g/mol. The second-order valence-corrected chi connectivity index (χ2v) is 4.37. The summed E-state index contributed by atoms with van der Waals surface area (Å²) in [5.41, 5.74) is 4.49. The Hall–Kier alpha value is -1.35. The Balaban J connectivity index is 2.36. The lowest BCUT2D eigenvalue weighted by Crippen LogP contribution is -2.31. The van der Waals surface area contributed by atoms with Gasteiger partial charge in [-0.25, -0.2) is 5.84 Å². The molecule has 3 heteroatoms. The summed E-state index contributed by atoms with van der Waals surface area (Å²) >= 11 is 0. The molecule has 0 spiro atoms. The number of unbranched alkanes of at least 4 members (excludes halogenated alkanes) is 3. The van der Waals surface area contributed by atoms with Crippen molar-refractivity contribution in [1.29, 1.82) is 0 Å². The molecule has 1 rings (SSSR count). The summed E-state index contributed by atoms with van der Waals surface area (Å²) in [6.07, 6.45) is 6.61. The summed E-state index contributed by atoms with van der Waals surface area (Å²) in [4.78, 5) is 11.1. The minimum atomic E-state index is -0.152. The number of nitrogens with one attached hydrogen (secondary N) is 1. The Morgan fingerprint density at radius 3 is 2.35 bits per heavy atom. The van der Waals surface area contributed by atoms with Crippen molar-refractivity contribution in [2.75, 3.05) is 0 Å². The zero-order valence-electron chi connectivity index (χ0n) is 10.5. The number of hydrazine groups is 1. The van der Waals surface area contributed by atoms with Gasteiger partial charge in [-0.05, 0) is 24.0 Å². The number of benzene rings is 1. The van der Waals surface area contributed by atoms with E-state index in [1.54, 1.807) is 0 Å². The molecule has 0 radical (unpaired) electrons. The Kier molecular flexibility index (Phi) is 6.33. The Labute approximate surface area is 103 Å². The fourth-order valence-electron chi connectivity index (χ4n) is 1.82. The van der Waals surface area contributed by atoms with Crippen LogP contribution in [0.15, 0.2) is 24.3 Å². The van der Waals surface area contributed by atoms with Gasteiger partial charge < -0.3 is 0 Å². The fourth-order valence-corrected chi connectivity index (χ4v) is 1.82. The molecule has 17 heavy (non-hydrogen) atoms. The van der Waals surface area contributed by atoms with Crippen LogP contribution in [0.5, 0.6) is 0 Å². The molecule has 1 amide bonds. The van der Waals surface area contributed by atoms with E-state index < -0.39 is 0 Å². The van der Waals surface area contributed by atoms with Crippen LogP contribution in [0.1, 0.15) is 43.7 Å². The average Bonchev–Trinajstić information content (AvgIpc) is 2.36. The molecule has 0 aromatic heterocycles. The highest BCUT2D eigenvalue weighted by molar-refractivity contribution is 5.77. The predicted molar refractivity (Wildman–Crippen MR) is 70.3 cm³/mol. The van der Waals surface area contributed by atoms with Crippen LogP contribution >= 0.6 is 0 Å². The largest absolute Gasteiger partial charge is 0.294 e. The van der Waals surface area contributed by atoms with Crippen molar-refractivity contribution >= 4 is 5.91 Å². The maximum Gasteiger partial charge on any atom is 0.238 e. The Bertz CT molecular complexity index is 333. The lowest BCUT2D eigenvalue weighted by molar-refractivity contribution is -0.120. The molecular weight excluding hydrogens is 212 g/mol. The van der Waals surface area contributed by atoms with Crippen molar-refractivity contribution < 1.29 is 4.79 Å². The second-order valence-electron chi connectivity index (χ2n) is 4.37.